The van der Waals surface area contributed by atoms with Gasteiger partial charge in [0.1, 0.15) is 0 Å². The maximum Gasteiger partial charge on any atom is 0.251 e. The van der Waals surface area contributed by atoms with Crippen LogP contribution >= 0.6 is 0 Å². The Morgan fingerprint density at radius 3 is 2.00 bits per heavy atom. The van der Waals surface area contributed by atoms with Crippen molar-refractivity contribution < 1.29 is 14.7 Å². The van der Waals surface area contributed by atoms with Crippen LogP contribution in [0.2, 0.25) is 0 Å². The fraction of sp³-hybridized carbons (Fsp3) is 0.579. The molecule has 0 bridgehead atoms. The lowest BCUT2D eigenvalue weighted by Gasteiger charge is -2.25. The lowest BCUT2D eigenvalue weighted by molar-refractivity contribution is -0.121. The number of benzene rings is 1. The van der Waals surface area contributed by atoms with Crippen molar-refractivity contribution in [3.8, 4) is 0 Å². The summed E-state index contributed by atoms with van der Waals surface area (Å²) >= 11 is 0. The molecule has 0 radical (unpaired) electrons. The summed E-state index contributed by atoms with van der Waals surface area (Å²) < 4.78 is 0. The van der Waals surface area contributed by atoms with Crippen LogP contribution in [0, 0.1) is 0 Å². The summed E-state index contributed by atoms with van der Waals surface area (Å²) in [7, 11) is 0. The molecule has 0 saturated carbocycles. The SMILES string of the molecule is CCC(O)(CC)CNC(=O)CNC(=O)c1ccc(C(C)(C)C)cc1. The summed E-state index contributed by atoms with van der Waals surface area (Å²) in [6, 6.07) is 7.39. The molecule has 5 heteroatoms. The molecule has 0 aromatic heterocycles. The van der Waals surface area contributed by atoms with E-state index in [1.54, 1.807) is 12.1 Å². The first kappa shape index (κ1) is 20.2. The normalized spacial score (nSPS) is 11.9. The first-order valence-electron chi connectivity index (χ1n) is 8.49. The molecule has 0 aliphatic carbocycles. The van der Waals surface area contributed by atoms with Gasteiger partial charge in [-0.2, -0.15) is 0 Å². The Labute approximate surface area is 144 Å². The second-order valence-corrected chi connectivity index (χ2v) is 7.22. The molecule has 1 aromatic carbocycles. The Bertz CT molecular complexity index is 555. The number of nitrogens with one attached hydrogen (secondary N) is 2. The minimum absolute atomic E-state index is 0.0320. The van der Waals surface area contributed by atoms with E-state index in [0.29, 0.717) is 18.4 Å². The monoisotopic (exact) mass is 334 g/mol. The van der Waals surface area contributed by atoms with E-state index in [0.717, 1.165) is 5.56 Å². The van der Waals surface area contributed by atoms with Crippen molar-refractivity contribution in [2.24, 2.45) is 0 Å². The topological polar surface area (TPSA) is 78.4 Å². The van der Waals surface area contributed by atoms with E-state index in [-0.39, 0.29) is 30.3 Å². The summed E-state index contributed by atoms with van der Waals surface area (Å²) in [5.74, 6) is -0.596. The largest absolute Gasteiger partial charge is 0.388 e. The van der Waals surface area contributed by atoms with E-state index in [4.69, 9.17) is 0 Å². The Kier molecular flexibility index (Phi) is 6.96. The van der Waals surface area contributed by atoms with E-state index in [9.17, 15) is 14.7 Å². The third kappa shape index (κ3) is 5.96. The van der Waals surface area contributed by atoms with Gasteiger partial charge in [-0.25, -0.2) is 0 Å². The van der Waals surface area contributed by atoms with E-state index >= 15 is 0 Å². The van der Waals surface area contributed by atoms with Crippen LogP contribution in [0.3, 0.4) is 0 Å². The van der Waals surface area contributed by atoms with Gasteiger partial charge in [0.05, 0.1) is 12.1 Å². The van der Waals surface area contributed by atoms with Gasteiger partial charge in [0.15, 0.2) is 0 Å². The Balaban J connectivity index is 2.50. The van der Waals surface area contributed by atoms with Crippen LogP contribution in [-0.2, 0) is 10.2 Å². The molecular weight excluding hydrogens is 304 g/mol. The number of carbonyl (C=O) groups excluding carboxylic acids is 2. The summed E-state index contributed by atoms with van der Waals surface area (Å²) in [6.45, 7) is 10.2. The molecule has 0 unspecified atom stereocenters. The zero-order valence-corrected chi connectivity index (χ0v) is 15.4. The van der Waals surface area contributed by atoms with Crippen molar-refractivity contribution in [2.75, 3.05) is 13.1 Å². The van der Waals surface area contributed by atoms with Crippen molar-refractivity contribution in [1.82, 2.24) is 10.6 Å². The van der Waals surface area contributed by atoms with Gasteiger partial charge in [0.2, 0.25) is 5.91 Å². The highest BCUT2D eigenvalue weighted by atomic mass is 16.3. The molecule has 0 aliphatic rings. The van der Waals surface area contributed by atoms with Gasteiger partial charge in [-0.1, -0.05) is 46.8 Å². The molecule has 0 spiro atoms. The second kappa shape index (κ2) is 8.29. The summed E-state index contributed by atoms with van der Waals surface area (Å²) in [4.78, 5) is 23.9. The molecule has 5 nitrogen and oxygen atoms in total. The maximum atomic E-state index is 12.1. The van der Waals surface area contributed by atoms with Gasteiger partial charge in [-0.05, 0) is 36.0 Å². The smallest absolute Gasteiger partial charge is 0.251 e. The van der Waals surface area contributed by atoms with E-state index in [1.165, 1.54) is 0 Å². The van der Waals surface area contributed by atoms with Crippen LogP contribution in [0.15, 0.2) is 24.3 Å². The highest BCUT2D eigenvalue weighted by Crippen LogP contribution is 2.22. The standard InChI is InChI=1S/C19H30N2O3/c1-6-19(24,7-2)13-21-16(22)12-20-17(23)14-8-10-15(11-9-14)18(3,4)5/h8-11,24H,6-7,12-13H2,1-5H3,(H,20,23)(H,21,22). The summed E-state index contributed by atoms with van der Waals surface area (Å²) in [5, 5.41) is 15.4. The zero-order valence-electron chi connectivity index (χ0n) is 15.4. The highest BCUT2D eigenvalue weighted by molar-refractivity contribution is 5.96. The average molecular weight is 334 g/mol. The first-order chi connectivity index (χ1) is 11.1. The van der Waals surface area contributed by atoms with E-state index < -0.39 is 5.60 Å². The van der Waals surface area contributed by atoms with Crippen molar-refractivity contribution in [2.45, 2.75) is 58.5 Å². The molecule has 0 atom stereocenters. The molecule has 2 amide bonds. The van der Waals surface area contributed by atoms with Crippen molar-refractivity contribution in [3.05, 3.63) is 35.4 Å². The predicted octanol–water partition coefficient (Wildman–Crippen LogP) is 2.38. The van der Waals surface area contributed by atoms with Crippen LogP contribution < -0.4 is 10.6 Å². The Morgan fingerprint density at radius 2 is 1.54 bits per heavy atom. The Morgan fingerprint density at radius 1 is 1.00 bits per heavy atom. The molecule has 0 saturated heterocycles. The van der Waals surface area contributed by atoms with Crippen molar-refractivity contribution >= 4 is 11.8 Å². The molecule has 0 heterocycles. The van der Waals surface area contributed by atoms with Gasteiger partial charge >= 0.3 is 0 Å². The molecule has 1 aromatic rings. The molecule has 1 rings (SSSR count). The third-order valence-corrected chi connectivity index (χ3v) is 4.35. The molecular formula is C19H30N2O3. The number of amides is 2. The summed E-state index contributed by atoms with van der Waals surface area (Å²) in [6.07, 6.45) is 1.13. The lowest BCUT2D eigenvalue weighted by atomic mass is 9.87. The fourth-order valence-electron chi connectivity index (χ4n) is 2.21. The van der Waals surface area contributed by atoms with Gasteiger partial charge in [0.25, 0.3) is 5.91 Å². The average Bonchev–Trinajstić information content (AvgIpc) is 2.56. The second-order valence-electron chi connectivity index (χ2n) is 7.22. The van der Waals surface area contributed by atoms with Gasteiger partial charge in [0, 0.05) is 12.1 Å². The van der Waals surface area contributed by atoms with Crippen molar-refractivity contribution in [3.63, 3.8) is 0 Å². The number of rotatable bonds is 7. The quantitative estimate of drug-likeness (QED) is 0.716. The van der Waals surface area contributed by atoms with Crippen LogP contribution in [0.4, 0.5) is 0 Å². The summed E-state index contributed by atoms with van der Waals surface area (Å²) in [5.41, 5.74) is 0.816. The molecule has 134 valence electrons. The number of hydrogen-bond acceptors (Lipinski definition) is 3. The minimum atomic E-state index is -0.886. The highest BCUT2D eigenvalue weighted by Gasteiger charge is 2.22. The molecule has 0 aliphatic heterocycles. The molecule has 0 fully saturated rings. The third-order valence-electron chi connectivity index (χ3n) is 4.35. The maximum absolute atomic E-state index is 12.1. The fourth-order valence-corrected chi connectivity index (χ4v) is 2.21. The van der Waals surface area contributed by atoms with E-state index in [2.05, 4.69) is 31.4 Å². The van der Waals surface area contributed by atoms with Gasteiger partial charge in [-0.3, -0.25) is 9.59 Å². The number of hydrogen-bond donors (Lipinski definition) is 3. The number of carbonyl (C=O) groups is 2. The van der Waals surface area contributed by atoms with Crippen LogP contribution in [0.5, 0.6) is 0 Å². The zero-order chi connectivity index (χ0) is 18.4. The lowest BCUT2D eigenvalue weighted by Crippen LogP contribution is -2.45. The molecule has 3 N–H and O–H groups in total. The molecule has 24 heavy (non-hydrogen) atoms. The van der Waals surface area contributed by atoms with Crippen LogP contribution in [-0.4, -0.2) is 35.6 Å². The number of aliphatic hydroxyl groups is 1. The minimum Gasteiger partial charge on any atom is -0.388 e. The van der Waals surface area contributed by atoms with Crippen LogP contribution in [0.25, 0.3) is 0 Å². The Hall–Kier alpha value is -1.88. The van der Waals surface area contributed by atoms with Gasteiger partial charge < -0.3 is 15.7 Å². The van der Waals surface area contributed by atoms with Gasteiger partial charge in [-0.15, -0.1) is 0 Å². The first-order valence-corrected chi connectivity index (χ1v) is 8.49. The predicted molar refractivity (Wildman–Crippen MR) is 96.0 cm³/mol. The van der Waals surface area contributed by atoms with Crippen molar-refractivity contribution in [1.29, 1.82) is 0 Å². The van der Waals surface area contributed by atoms with E-state index in [1.807, 2.05) is 26.0 Å². The van der Waals surface area contributed by atoms with Crippen LogP contribution in [0.1, 0.15) is 63.4 Å².